The average Bonchev–Trinajstić information content (AvgIpc) is 3.13. The van der Waals surface area contributed by atoms with E-state index in [-0.39, 0.29) is 5.56 Å². The van der Waals surface area contributed by atoms with Crippen molar-refractivity contribution in [3.8, 4) is 11.4 Å². The van der Waals surface area contributed by atoms with Crippen LogP contribution in [0.1, 0.15) is 35.8 Å². The van der Waals surface area contributed by atoms with Gasteiger partial charge in [0.15, 0.2) is 5.65 Å². The van der Waals surface area contributed by atoms with Crippen molar-refractivity contribution < 1.29 is 0 Å². The molecule has 0 unspecified atom stereocenters. The molecule has 29 heavy (non-hydrogen) atoms. The minimum absolute atomic E-state index is 0.192. The van der Waals surface area contributed by atoms with E-state index in [2.05, 4.69) is 32.1 Å². The minimum Gasteiger partial charge on any atom is -0.306 e. The number of nitrogens with zero attached hydrogens (tertiary/aromatic N) is 7. The van der Waals surface area contributed by atoms with Crippen molar-refractivity contribution in [2.45, 2.75) is 32.6 Å². The second-order valence-electron chi connectivity index (χ2n) is 7.91. The molecule has 0 radical (unpaired) electrons. The first-order valence-corrected chi connectivity index (χ1v) is 9.91. The van der Waals surface area contributed by atoms with Crippen molar-refractivity contribution >= 4 is 11.2 Å². The van der Waals surface area contributed by atoms with Crippen molar-refractivity contribution in [1.29, 1.82) is 0 Å². The van der Waals surface area contributed by atoms with Gasteiger partial charge in [-0.15, -0.1) is 0 Å². The van der Waals surface area contributed by atoms with E-state index in [0.717, 1.165) is 48.5 Å². The zero-order chi connectivity index (χ0) is 20.1. The Balaban J connectivity index is 1.56. The van der Waals surface area contributed by atoms with Gasteiger partial charge in [-0.3, -0.25) is 9.78 Å². The van der Waals surface area contributed by atoms with Crippen LogP contribution in [-0.2, 0) is 0 Å². The molecule has 0 N–H and O–H groups in total. The molecule has 0 amide bonds. The molecule has 0 bridgehead atoms. The summed E-state index contributed by atoms with van der Waals surface area (Å²) in [4.78, 5) is 24.2. The number of piperidine rings is 1. The fourth-order valence-corrected chi connectivity index (χ4v) is 4.08. The molecule has 1 fully saturated rings. The van der Waals surface area contributed by atoms with Crippen molar-refractivity contribution in [3.63, 3.8) is 0 Å². The summed E-state index contributed by atoms with van der Waals surface area (Å²) in [6, 6.07) is 7.32. The number of hydrogen-bond acceptors (Lipinski definition) is 6. The Hall–Kier alpha value is -3.13. The highest BCUT2D eigenvalue weighted by Gasteiger charge is 2.20. The van der Waals surface area contributed by atoms with Crippen LogP contribution < -0.4 is 5.56 Å². The van der Waals surface area contributed by atoms with Gasteiger partial charge in [-0.1, -0.05) is 0 Å². The normalized spacial score (nSPS) is 16.1. The van der Waals surface area contributed by atoms with Gasteiger partial charge in [0, 0.05) is 12.0 Å². The summed E-state index contributed by atoms with van der Waals surface area (Å²) < 4.78 is 3.20. The van der Waals surface area contributed by atoms with Gasteiger partial charge >= 0.3 is 0 Å². The summed E-state index contributed by atoms with van der Waals surface area (Å²) in [5, 5.41) is 9.21. The van der Waals surface area contributed by atoms with Gasteiger partial charge in [-0.25, -0.2) is 9.50 Å². The number of likely N-dealkylation sites (tertiary alicyclic amines) is 1. The monoisotopic (exact) mass is 389 g/mol. The molecular weight excluding hydrogens is 366 g/mol. The predicted molar refractivity (Wildman–Crippen MR) is 110 cm³/mol. The van der Waals surface area contributed by atoms with Crippen molar-refractivity contribution in [3.05, 3.63) is 57.9 Å². The minimum atomic E-state index is -0.192. The summed E-state index contributed by atoms with van der Waals surface area (Å²) in [6.45, 7) is 5.99. The lowest BCUT2D eigenvalue weighted by Gasteiger charge is -2.28. The summed E-state index contributed by atoms with van der Waals surface area (Å²) >= 11 is 0. The molecule has 4 aromatic heterocycles. The maximum atomic E-state index is 12.8. The maximum absolute atomic E-state index is 12.8. The summed E-state index contributed by atoms with van der Waals surface area (Å²) in [5.41, 5.74) is 5.20. The molecule has 8 nitrogen and oxygen atoms in total. The first-order chi connectivity index (χ1) is 14.0. The van der Waals surface area contributed by atoms with E-state index < -0.39 is 0 Å². The van der Waals surface area contributed by atoms with E-state index in [1.807, 2.05) is 38.2 Å². The lowest BCUT2D eigenvalue weighted by Crippen LogP contribution is -2.30. The number of aromatic nitrogens is 6. The third-order valence-electron chi connectivity index (χ3n) is 5.70. The Bertz CT molecular complexity index is 1280. The van der Waals surface area contributed by atoms with Crippen LogP contribution in [0.4, 0.5) is 0 Å². The standard InChI is InChI=1S/C21H23N7O/c1-13-12-27-19(14(2)22-13)10-18(24-27)17-11-21(29)28-20(23-17)5-4-16(25-28)15-6-8-26(3)9-7-15/h4-5,10-12,15H,6-9H2,1-3H3. The highest BCUT2D eigenvalue weighted by molar-refractivity contribution is 5.65. The fourth-order valence-electron chi connectivity index (χ4n) is 4.08. The summed E-state index contributed by atoms with van der Waals surface area (Å²) in [5.74, 6) is 0.388. The molecule has 148 valence electrons. The van der Waals surface area contributed by atoms with E-state index in [4.69, 9.17) is 0 Å². The summed E-state index contributed by atoms with van der Waals surface area (Å²) in [7, 11) is 2.14. The molecule has 0 aliphatic carbocycles. The van der Waals surface area contributed by atoms with Crippen LogP contribution in [0, 0.1) is 13.8 Å². The maximum Gasteiger partial charge on any atom is 0.275 e. The molecule has 0 saturated carbocycles. The molecule has 4 aromatic rings. The number of rotatable bonds is 2. The Kier molecular flexibility index (Phi) is 4.16. The molecule has 1 aliphatic heterocycles. The third-order valence-corrected chi connectivity index (χ3v) is 5.70. The molecule has 5 rings (SSSR count). The van der Waals surface area contributed by atoms with Gasteiger partial charge in [-0.2, -0.15) is 14.7 Å². The SMILES string of the molecule is Cc1cn2nc(-c3cc(=O)n4nc(C5CCN(C)CC5)ccc4n3)cc2c(C)n1. The topological polar surface area (TPSA) is 80.7 Å². The molecule has 0 spiro atoms. The second kappa shape index (κ2) is 6.73. The van der Waals surface area contributed by atoms with E-state index >= 15 is 0 Å². The molecule has 5 heterocycles. The third kappa shape index (κ3) is 3.19. The molecule has 8 heteroatoms. The molecule has 1 saturated heterocycles. The molecular formula is C21H23N7O. The Morgan fingerprint density at radius 3 is 2.59 bits per heavy atom. The van der Waals surface area contributed by atoms with E-state index in [0.29, 0.717) is 23.0 Å². The van der Waals surface area contributed by atoms with Crippen LogP contribution in [0.2, 0.25) is 0 Å². The van der Waals surface area contributed by atoms with E-state index in [1.165, 1.54) is 10.6 Å². The van der Waals surface area contributed by atoms with Crippen LogP contribution in [-0.4, -0.2) is 54.2 Å². The lowest BCUT2D eigenvalue weighted by molar-refractivity contribution is 0.252. The Labute approximate surface area is 167 Å². The van der Waals surface area contributed by atoms with Crippen LogP contribution >= 0.6 is 0 Å². The van der Waals surface area contributed by atoms with Crippen LogP contribution in [0.3, 0.4) is 0 Å². The van der Waals surface area contributed by atoms with Crippen LogP contribution in [0.15, 0.2) is 35.3 Å². The zero-order valence-corrected chi connectivity index (χ0v) is 16.8. The first kappa shape index (κ1) is 17.9. The molecule has 0 atom stereocenters. The zero-order valence-electron chi connectivity index (χ0n) is 16.8. The van der Waals surface area contributed by atoms with Gasteiger partial charge in [-0.05, 0) is 65.0 Å². The largest absolute Gasteiger partial charge is 0.306 e. The van der Waals surface area contributed by atoms with Crippen molar-refractivity contribution in [2.24, 2.45) is 0 Å². The Morgan fingerprint density at radius 2 is 1.79 bits per heavy atom. The average molecular weight is 389 g/mol. The fraction of sp³-hybridized carbons (Fsp3) is 0.381. The first-order valence-electron chi connectivity index (χ1n) is 9.91. The number of aryl methyl sites for hydroxylation is 2. The lowest BCUT2D eigenvalue weighted by atomic mass is 9.94. The summed E-state index contributed by atoms with van der Waals surface area (Å²) in [6.07, 6.45) is 3.99. The van der Waals surface area contributed by atoms with Gasteiger partial charge < -0.3 is 4.90 Å². The highest BCUT2D eigenvalue weighted by Crippen LogP contribution is 2.26. The van der Waals surface area contributed by atoms with Gasteiger partial charge in [0.1, 0.15) is 5.69 Å². The van der Waals surface area contributed by atoms with E-state index in [1.54, 1.807) is 4.52 Å². The predicted octanol–water partition coefficient (Wildman–Crippen LogP) is 2.23. The van der Waals surface area contributed by atoms with Crippen molar-refractivity contribution in [1.82, 2.24) is 34.1 Å². The second-order valence-corrected chi connectivity index (χ2v) is 7.91. The smallest absolute Gasteiger partial charge is 0.275 e. The van der Waals surface area contributed by atoms with Crippen LogP contribution in [0.25, 0.3) is 22.6 Å². The van der Waals surface area contributed by atoms with Crippen LogP contribution in [0.5, 0.6) is 0 Å². The highest BCUT2D eigenvalue weighted by atomic mass is 16.1. The Morgan fingerprint density at radius 1 is 1.00 bits per heavy atom. The molecule has 1 aliphatic rings. The number of fused-ring (bicyclic) bond motifs is 2. The van der Waals surface area contributed by atoms with Gasteiger partial charge in [0.2, 0.25) is 0 Å². The quantitative estimate of drug-likeness (QED) is 0.523. The van der Waals surface area contributed by atoms with Gasteiger partial charge in [0.25, 0.3) is 5.56 Å². The van der Waals surface area contributed by atoms with E-state index in [9.17, 15) is 4.79 Å². The van der Waals surface area contributed by atoms with Gasteiger partial charge in [0.05, 0.1) is 34.5 Å². The molecule has 0 aromatic carbocycles. The van der Waals surface area contributed by atoms with Crippen molar-refractivity contribution in [2.75, 3.05) is 20.1 Å². The number of hydrogen-bond donors (Lipinski definition) is 0.